The fraction of sp³-hybridized carbons (Fsp3) is 0.182. The number of Topliss-reactive ketones (excluding diaryl/α,β-unsaturated/α-hetero) is 1. The number of ketones is 1. The van der Waals surface area contributed by atoms with Gasteiger partial charge in [-0.25, -0.2) is 4.79 Å². The van der Waals surface area contributed by atoms with Crippen LogP contribution in [-0.2, 0) is 9.53 Å². The van der Waals surface area contributed by atoms with E-state index in [-0.39, 0.29) is 28.2 Å². The van der Waals surface area contributed by atoms with E-state index in [4.69, 9.17) is 9.15 Å². The van der Waals surface area contributed by atoms with Crippen LogP contribution in [0.5, 0.6) is 0 Å². The van der Waals surface area contributed by atoms with Gasteiger partial charge in [0.05, 0.1) is 11.3 Å². The molecule has 0 fully saturated rings. The summed E-state index contributed by atoms with van der Waals surface area (Å²) in [6.07, 6.45) is 1.39. The third kappa shape index (κ3) is 5.89. The summed E-state index contributed by atoms with van der Waals surface area (Å²) in [5.74, 6) is -1.61. The second-order valence-electron chi connectivity index (χ2n) is 6.82. The minimum absolute atomic E-state index is 0.122. The molecule has 2 heterocycles. The number of hydrogen-bond acceptors (Lipinski definition) is 7. The molecule has 160 valence electrons. The molecule has 3 rings (SSSR count). The molecule has 0 aliphatic heterocycles. The molecule has 2 N–H and O–H groups in total. The molecule has 0 unspecified atom stereocenters. The molecular weight excluding hydrogens is 420 g/mol. The molecule has 31 heavy (non-hydrogen) atoms. The van der Waals surface area contributed by atoms with Crippen LogP contribution in [0.3, 0.4) is 0 Å². The van der Waals surface area contributed by atoms with Crippen molar-refractivity contribution in [2.75, 3.05) is 17.2 Å². The number of amides is 2. The molecule has 9 heteroatoms. The third-order valence-corrected chi connectivity index (χ3v) is 5.10. The average Bonchev–Trinajstić information content (AvgIpc) is 3.44. The van der Waals surface area contributed by atoms with Gasteiger partial charge < -0.3 is 19.8 Å². The van der Waals surface area contributed by atoms with E-state index >= 15 is 0 Å². The van der Waals surface area contributed by atoms with Gasteiger partial charge in [0.15, 0.2) is 18.2 Å². The smallest absolute Gasteiger partial charge is 0.348 e. The lowest BCUT2D eigenvalue weighted by Gasteiger charge is -2.08. The normalized spacial score (nSPS) is 10.5. The predicted molar refractivity (Wildman–Crippen MR) is 116 cm³/mol. The summed E-state index contributed by atoms with van der Waals surface area (Å²) in [5, 5.41) is 5.79. The number of carbonyl (C=O) groups is 4. The van der Waals surface area contributed by atoms with Gasteiger partial charge in [0.2, 0.25) is 5.91 Å². The zero-order chi connectivity index (χ0) is 22.4. The fourth-order valence-electron chi connectivity index (χ4n) is 2.41. The van der Waals surface area contributed by atoms with Gasteiger partial charge in [-0.15, -0.1) is 11.3 Å². The van der Waals surface area contributed by atoms with Gasteiger partial charge >= 0.3 is 5.97 Å². The summed E-state index contributed by atoms with van der Waals surface area (Å²) in [4.78, 5) is 48.4. The van der Waals surface area contributed by atoms with Crippen molar-refractivity contribution in [2.24, 2.45) is 5.92 Å². The molecule has 0 bridgehead atoms. The zero-order valence-electron chi connectivity index (χ0n) is 16.8. The van der Waals surface area contributed by atoms with E-state index in [2.05, 4.69) is 10.6 Å². The monoisotopic (exact) mass is 440 g/mol. The molecule has 0 saturated heterocycles. The van der Waals surface area contributed by atoms with Crippen molar-refractivity contribution in [3.05, 3.63) is 71.0 Å². The summed E-state index contributed by atoms with van der Waals surface area (Å²) >= 11 is 1.02. The molecular formula is C22H20N2O6S. The quantitative estimate of drug-likeness (QED) is 0.400. The number of anilines is 2. The first-order valence-corrected chi connectivity index (χ1v) is 10.2. The largest absolute Gasteiger partial charge is 0.459 e. The summed E-state index contributed by atoms with van der Waals surface area (Å²) in [5.41, 5.74) is 0.933. The summed E-state index contributed by atoms with van der Waals surface area (Å²) in [6.45, 7) is 3.14. The highest BCUT2D eigenvalue weighted by atomic mass is 32.1. The Hall–Kier alpha value is -3.72. The zero-order valence-corrected chi connectivity index (χ0v) is 17.7. The van der Waals surface area contributed by atoms with E-state index in [0.717, 1.165) is 11.3 Å². The number of furan rings is 1. The van der Waals surface area contributed by atoms with Crippen LogP contribution in [0.15, 0.2) is 59.2 Å². The SMILES string of the molecule is CC(C)C(=O)Nc1ccc(C(=O)COC(=O)c2ccc(NC(=O)c3ccco3)s2)cc1. The Labute approximate surface area is 182 Å². The average molecular weight is 440 g/mol. The summed E-state index contributed by atoms with van der Waals surface area (Å²) in [6, 6.07) is 12.5. The number of benzene rings is 1. The van der Waals surface area contributed by atoms with Crippen molar-refractivity contribution < 1.29 is 28.3 Å². The van der Waals surface area contributed by atoms with Crippen molar-refractivity contribution in [2.45, 2.75) is 13.8 Å². The van der Waals surface area contributed by atoms with Gasteiger partial charge in [0.1, 0.15) is 4.88 Å². The second kappa shape index (κ2) is 9.86. The van der Waals surface area contributed by atoms with Crippen LogP contribution < -0.4 is 10.6 Å². The number of ether oxygens (including phenoxy) is 1. The number of esters is 1. The van der Waals surface area contributed by atoms with Crippen molar-refractivity contribution >= 4 is 45.6 Å². The van der Waals surface area contributed by atoms with E-state index in [9.17, 15) is 19.2 Å². The molecule has 2 amide bonds. The standard InChI is InChI=1S/C22H20N2O6S/c1-13(2)20(26)23-15-7-5-14(6-8-15)16(25)12-30-22(28)18-9-10-19(31-18)24-21(27)17-4-3-11-29-17/h3-11,13H,12H2,1-2H3,(H,23,26)(H,24,27). The van der Waals surface area contributed by atoms with Crippen LogP contribution in [-0.4, -0.2) is 30.2 Å². The maximum Gasteiger partial charge on any atom is 0.348 e. The Morgan fingerprint density at radius 2 is 1.74 bits per heavy atom. The highest BCUT2D eigenvalue weighted by Gasteiger charge is 2.16. The van der Waals surface area contributed by atoms with Crippen LogP contribution in [0.1, 0.15) is 44.4 Å². The highest BCUT2D eigenvalue weighted by Crippen LogP contribution is 2.23. The van der Waals surface area contributed by atoms with Crippen molar-refractivity contribution in [3.8, 4) is 0 Å². The molecule has 2 aromatic heterocycles. The number of rotatable bonds is 8. The maximum atomic E-state index is 12.3. The van der Waals surface area contributed by atoms with Gasteiger partial charge in [-0.3, -0.25) is 14.4 Å². The molecule has 0 radical (unpaired) electrons. The maximum absolute atomic E-state index is 12.3. The number of nitrogens with one attached hydrogen (secondary N) is 2. The first kappa shape index (κ1) is 22.0. The number of carbonyl (C=O) groups excluding carboxylic acids is 4. The minimum Gasteiger partial charge on any atom is -0.459 e. The highest BCUT2D eigenvalue weighted by molar-refractivity contribution is 7.18. The molecule has 0 aliphatic rings. The predicted octanol–water partition coefficient (Wildman–Crippen LogP) is 4.23. The third-order valence-electron chi connectivity index (χ3n) is 4.12. The lowest BCUT2D eigenvalue weighted by Crippen LogP contribution is -2.18. The number of hydrogen-bond donors (Lipinski definition) is 2. The Bertz CT molecular complexity index is 1080. The molecule has 0 aliphatic carbocycles. The molecule has 1 aromatic carbocycles. The van der Waals surface area contributed by atoms with Crippen molar-refractivity contribution in [3.63, 3.8) is 0 Å². The lowest BCUT2D eigenvalue weighted by molar-refractivity contribution is -0.118. The van der Waals surface area contributed by atoms with Crippen LogP contribution in [0, 0.1) is 5.92 Å². The minimum atomic E-state index is -0.669. The van der Waals surface area contributed by atoms with E-state index in [1.54, 1.807) is 50.2 Å². The van der Waals surface area contributed by atoms with Gasteiger partial charge in [0.25, 0.3) is 5.91 Å². The Morgan fingerprint density at radius 1 is 1.00 bits per heavy atom. The molecule has 0 saturated carbocycles. The lowest BCUT2D eigenvalue weighted by atomic mass is 10.1. The van der Waals surface area contributed by atoms with E-state index < -0.39 is 18.5 Å². The second-order valence-corrected chi connectivity index (χ2v) is 7.90. The van der Waals surface area contributed by atoms with Crippen LogP contribution >= 0.6 is 11.3 Å². The fourth-order valence-corrected chi connectivity index (χ4v) is 3.20. The van der Waals surface area contributed by atoms with E-state index in [0.29, 0.717) is 16.3 Å². The first-order chi connectivity index (χ1) is 14.8. The van der Waals surface area contributed by atoms with Gasteiger partial charge in [-0.2, -0.15) is 0 Å². The van der Waals surface area contributed by atoms with Crippen molar-refractivity contribution in [1.29, 1.82) is 0 Å². The van der Waals surface area contributed by atoms with Gasteiger partial charge in [0, 0.05) is 17.2 Å². The van der Waals surface area contributed by atoms with Crippen molar-refractivity contribution in [1.82, 2.24) is 0 Å². The van der Waals surface area contributed by atoms with Gasteiger partial charge in [-0.1, -0.05) is 13.8 Å². The van der Waals surface area contributed by atoms with Crippen LogP contribution in [0.2, 0.25) is 0 Å². The van der Waals surface area contributed by atoms with Gasteiger partial charge in [-0.05, 0) is 48.5 Å². The van der Waals surface area contributed by atoms with E-state index in [1.165, 1.54) is 18.4 Å². The Kier molecular flexibility index (Phi) is 6.99. The molecule has 0 atom stereocenters. The van der Waals surface area contributed by atoms with E-state index in [1.807, 2.05) is 0 Å². The molecule has 8 nitrogen and oxygen atoms in total. The molecule has 0 spiro atoms. The summed E-state index contributed by atoms with van der Waals surface area (Å²) < 4.78 is 10.1. The summed E-state index contributed by atoms with van der Waals surface area (Å²) in [7, 11) is 0. The number of thiophene rings is 1. The van der Waals surface area contributed by atoms with Crippen LogP contribution in [0.4, 0.5) is 10.7 Å². The van der Waals surface area contributed by atoms with Crippen LogP contribution in [0.25, 0.3) is 0 Å². The topological polar surface area (TPSA) is 115 Å². The first-order valence-electron chi connectivity index (χ1n) is 9.39. The molecule has 3 aromatic rings. The Morgan fingerprint density at radius 3 is 2.39 bits per heavy atom. The Balaban J connectivity index is 1.51.